The molecule has 0 aromatic carbocycles. The van der Waals surface area contributed by atoms with Gasteiger partial charge in [-0.3, -0.25) is 4.98 Å². The van der Waals surface area contributed by atoms with Gasteiger partial charge in [0.05, 0.1) is 11.4 Å². The number of aromatic nitrogens is 1. The molecule has 1 saturated heterocycles. The molecule has 0 spiro atoms. The van der Waals surface area contributed by atoms with E-state index in [1.165, 1.54) is 12.1 Å². The first-order chi connectivity index (χ1) is 7.27. The molecule has 0 aliphatic carbocycles. The summed E-state index contributed by atoms with van der Waals surface area (Å²) in [6, 6.07) is 4.81. The van der Waals surface area contributed by atoms with Gasteiger partial charge in [-0.15, -0.1) is 0 Å². The molecule has 15 heavy (non-hydrogen) atoms. The van der Waals surface area contributed by atoms with Crippen LogP contribution >= 0.6 is 0 Å². The molecule has 0 bridgehead atoms. The van der Waals surface area contributed by atoms with Gasteiger partial charge in [0.1, 0.15) is 0 Å². The maximum atomic E-state index is 4.34. The number of anilines is 1. The van der Waals surface area contributed by atoms with Crippen molar-refractivity contribution in [1.82, 2.24) is 10.3 Å². The SMILES string of the molecule is Cc1ncccc1N1CCNC(C)CC1. The topological polar surface area (TPSA) is 28.2 Å². The first-order valence-corrected chi connectivity index (χ1v) is 5.67. The van der Waals surface area contributed by atoms with Gasteiger partial charge >= 0.3 is 0 Å². The van der Waals surface area contributed by atoms with Gasteiger partial charge in [-0.25, -0.2) is 0 Å². The van der Waals surface area contributed by atoms with E-state index in [0.717, 1.165) is 25.3 Å². The summed E-state index contributed by atoms with van der Waals surface area (Å²) in [6.07, 6.45) is 3.06. The van der Waals surface area contributed by atoms with Crippen molar-refractivity contribution in [2.24, 2.45) is 0 Å². The third-order valence-corrected chi connectivity index (χ3v) is 3.03. The van der Waals surface area contributed by atoms with Gasteiger partial charge in [-0.05, 0) is 32.4 Å². The Labute approximate surface area is 91.5 Å². The molecule has 0 radical (unpaired) electrons. The van der Waals surface area contributed by atoms with Crippen molar-refractivity contribution in [3.05, 3.63) is 24.0 Å². The van der Waals surface area contributed by atoms with Crippen LogP contribution in [0.1, 0.15) is 19.0 Å². The second-order valence-electron chi connectivity index (χ2n) is 4.24. The predicted molar refractivity (Wildman–Crippen MR) is 63.3 cm³/mol. The second kappa shape index (κ2) is 4.62. The van der Waals surface area contributed by atoms with E-state index in [9.17, 15) is 0 Å². The Bertz CT molecular complexity index is 324. The fraction of sp³-hybridized carbons (Fsp3) is 0.583. The summed E-state index contributed by atoms with van der Waals surface area (Å²) in [4.78, 5) is 6.77. The lowest BCUT2D eigenvalue weighted by Crippen LogP contribution is -2.29. The molecule has 1 aliphatic heterocycles. The second-order valence-corrected chi connectivity index (χ2v) is 4.24. The van der Waals surface area contributed by atoms with Gasteiger partial charge in [0.25, 0.3) is 0 Å². The zero-order valence-corrected chi connectivity index (χ0v) is 9.53. The molecule has 2 rings (SSSR count). The van der Waals surface area contributed by atoms with Gasteiger partial charge in [0.15, 0.2) is 0 Å². The van der Waals surface area contributed by atoms with Crippen LogP contribution < -0.4 is 10.2 Å². The summed E-state index contributed by atoms with van der Waals surface area (Å²) in [7, 11) is 0. The van der Waals surface area contributed by atoms with Crippen molar-refractivity contribution in [1.29, 1.82) is 0 Å². The third-order valence-electron chi connectivity index (χ3n) is 3.03. The van der Waals surface area contributed by atoms with Crippen LogP contribution in [0.15, 0.2) is 18.3 Å². The number of aryl methyl sites for hydroxylation is 1. The first-order valence-electron chi connectivity index (χ1n) is 5.67. The van der Waals surface area contributed by atoms with Gasteiger partial charge in [0.2, 0.25) is 0 Å². The van der Waals surface area contributed by atoms with Crippen LogP contribution in [0.25, 0.3) is 0 Å². The van der Waals surface area contributed by atoms with Gasteiger partial charge < -0.3 is 10.2 Å². The van der Waals surface area contributed by atoms with Gasteiger partial charge in [-0.1, -0.05) is 0 Å². The summed E-state index contributed by atoms with van der Waals surface area (Å²) in [5, 5.41) is 3.50. The fourth-order valence-corrected chi connectivity index (χ4v) is 2.06. The number of pyridine rings is 1. The maximum Gasteiger partial charge on any atom is 0.0605 e. The smallest absolute Gasteiger partial charge is 0.0605 e. The van der Waals surface area contributed by atoms with Gasteiger partial charge in [-0.2, -0.15) is 0 Å². The quantitative estimate of drug-likeness (QED) is 0.754. The van der Waals surface area contributed by atoms with Crippen LogP contribution in [0, 0.1) is 6.92 Å². The molecular weight excluding hydrogens is 186 g/mol. The number of hydrogen-bond acceptors (Lipinski definition) is 3. The zero-order chi connectivity index (χ0) is 10.7. The fourth-order valence-electron chi connectivity index (χ4n) is 2.06. The minimum atomic E-state index is 0.631. The van der Waals surface area contributed by atoms with Crippen LogP contribution in [0.4, 0.5) is 5.69 Å². The Morgan fingerprint density at radius 2 is 2.33 bits per heavy atom. The van der Waals surface area contributed by atoms with Crippen LogP contribution in [-0.4, -0.2) is 30.7 Å². The molecule has 1 aromatic heterocycles. The number of nitrogens with zero attached hydrogens (tertiary/aromatic N) is 2. The highest BCUT2D eigenvalue weighted by molar-refractivity contribution is 5.49. The minimum Gasteiger partial charge on any atom is -0.369 e. The molecule has 3 heteroatoms. The number of rotatable bonds is 1. The van der Waals surface area contributed by atoms with Crippen LogP contribution in [-0.2, 0) is 0 Å². The molecule has 82 valence electrons. The van der Waals surface area contributed by atoms with Crippen molar-refractivity contribution >= 4 is 5.69 Å². The molecule has 1 N–H and O–H groups in total. The Kier molecular flexibility index (Phi) is 3.21. The van der Waals surface area contributed by atoms with E-state index in [1.807, 2.05) is 12.3 Å². The van der Waals surface area contributed by atoms with E-state index in [4.69, 9.17) is 0 Å². The van der Waals surface area contributed by atoms with E-state index < -0.39 is 0 Å². The summed E-state index contributed by atoms with van der Waals surface area (Å²) < 4.78 is 0. The van der Waals surface area contributed by atoms with E-state index in [2.05, 4.69) is 35.1 Å². The van der Waals surface area contributed by atoms with E-state index in [-0.39, 0.29) is 0 Å². The monoisotopic (exact) mass is 205 g/mol. The highest BCUT2D eigenvalue weighted by Gasteiger charge is 2.14. The van der Waals surface area contributed by atoms with Crippen molar-refractivity contribution in [3.63, 3.8) is 0 Å². The molecule has 3 nitrogen and oxygen atoms in total. The Morgan fingerprint density at radius 3 is 3.13 bits per heavy atom. The summed E-state index contributed by atoms with van der Waals surface area (Å²) in [5.41, 5.74) is 2.42. The molecule has 0 saturated carbocycles. The lowest BCUT2D eigenvalue weighted by molar-refractivity contribution is 0.566. The van der Waals surface area contributed by atoms with Crippen molar-refractivity contribution in [2.75, 3.05) is 24.5 Å². The molecule has 1 unspecified atom stereocenters. The average Bonchev–Trinajstić information content (AvgIpc) is 2.44. The lowest BCUT2D eigenvalue weighted by atomic mass is 10.2. The number of hydrogen-bond donors (Lipinski definition) is 1. The van der Waals surface area contributed by atoms with E-state index in [1.54, 1.807) is 0 Å². The molecule has 1 fully saturated rings. The Balaban J connectivity index is 2.13. The van der Waals surface area contributed by atoms with E-state index in [0.29, 0.717) is 6.04 Å². The Morgan fingerprint density at radius 1 is 1.47 bits per heavy atom. The van der Waals surface area contributed by atoms with Crippen molar-refractivity contribution in [3.8, 4) is 0 Å². The van der Waals surface area contributed by atoms with Crippen LogP contribution in [0.3, 0.4) is 0 Å². The van der Waals surface area contributed by atoms with Crippen molar-refractivity contribution < 1.29 is 0 Å². The van der Waals surface area contributed by atoms with Gasteiger partial charge in [0, 0.05) is 31.9 Å². The van der Waals surface area contributed by atoms with Crippen LogP contribution in [0.2, 0.25) is 0 Å². The van der Waals surface area contributed by atoms with E-state index >= 15 is 0 Å². The van der Waals surface area contributed by atoms with Crippen LogP contribution in [0.5, 0.6) is 0 Å². The Hall–Kier alpha value is -1.09. The molecule has 1 aliphatic rings. The molecular formula is C12H19N3. The highest BCUT2D eigenvalue weighted by atomic mass is 15.2. The third kappa shape index (κ3) is 2.48. The van der Waals surface area contributed by atoms with Crippen molar-refractivity contribution in [2.45, 2.75) is 26.3 Å². The molecule has 1 aromatic rings. The summed E-state index contributed by atoms with van der Waals surface area (Å²) in [5.74, 6) is 0. The standard InChI is InChI=1S/C12H19N3/c1-10-5-8-15(9-7-13-10)12-4-3-6-14-11(12)2/h3-4,6,10,13H,5,7-9H2,1-2H3. The summed E-state index contributed by atoms with van der Waals surface area (Å²) in [6.45, 7) is 7.60. The number of nitrogens with one attached hydrogen (secondary N) is 1. The molecule has 0 amide bonds. The normalized spacial score (nSPS) is 22.5. The highest BCUT2D eigenvalue weighted by Crippen LogP contribution is 2.18. The average molecular weight is 205 g/mol. The molecule has 1 atom stereocenters. The predicted octanol–water partition coefficient (Wildman–Crippen LogP) is 1.58. The lowest BCUT2D eigenvalue weighted by Gasteiger charge is -2.23. The summed E-state index contributed by atoms with van der Waals surface area (Å²) >= 11 is 0. The minimum absolute atomic E-state index is 0.631. The zero-order valence-electron chi connectivity index (χ0n) is 9.53. The molecule has 2 heterocycles. The maximum absolute atomic E-state index is 4.34. The first kappa shape index (κ1) is 10.4. The largest absolute Gasteiger partial charge is 0.369 e.